The van der Waals surface area contributed by atoms with Crippen LogP contribution in [0.15, 0.2) is 35.7 Å². The fourth-order valence-electron chi connectivity index (χ4n) is 2.00. The van der Waals surface area contributed by atoms with Crippen molar-refractivity contribution in [1.82, 2.24) is 4.90 Å². The molecule has 0 atom stereocenters. The molecule has 18 heavy (non-hydrogen) atoms. The van der Waals surface area contributed by atoms with Crippen LogP contribution in [-0.4, -0.2) is 18.5 Å². The van der Waals surface area contributed by atoms with Crippen LogP contribution in [0.5, 0.6) is 0 Å². The summed E-state index contributed by atoms with van der Waals surface area (Å²) in [7, 11) is 2.15. The van der Waals surface area contributed by atoms with Gasteiger partial charge in [0, 0.05) is 23.7 Å². The van der Waals surface area contributed by atoms with Gasteiger partial charge in [0.1, 0.15) is 0 Å². The van der Waals surface area contributed by atoms with Crippen molar-refractivity contribution in [2.45, 2.75) is 19.9 Å². The van der Waals surface area contributed by atoms with E-state index in [-0.39, 0.29) is 0 Å². The van der Waals surface area contributed by atoms with Crippen LogP contribution in [0.4, 0.5) is 5.69 Å². The van der Waals surface area contributed by atoms with Crippen LogP contribution in [-0.2, 0) is 13.0 Å². The molecular formula is C15H20N2S. The number of nitrogens with two attached hydrogens (primary N) is 1. The van der Waals surface area contributed by atoms with Crippen LogP contribution in [0.3, 0.4) is 0 Å². The highest BCUT2D eigenvalue weighted by molar-refractivity contribution is 7.09. The molecule has 2 N–H and O–H groups in total. The Hall–Kier alpha value is -1.32. The minimum Gasteiger partial charge on any atom is -0.398 e. The van der Waals surface area contributed by atoms with Crippen LogP contribution in [0.1, 0.15) is 16.0 Å². The minimum absolute atomic E-state index is 0.892. The second-order valence-corrected chi connectivity index (χ2v) is 5.80. The van der Waals surface area contributed by atoms with E-state index in [0.29, 0.717) is 0 Å². The van der Waals surface area contributed by atoms with Gasteiger partial charge < -0.3 is 10.6 Å². The highest BCUT2D eigenvalue weighted by Gasteiger charge is 2.05. The van der Waals surface area contributed by atoms with Crippen molar-refractivity contribution in [2.24, 2.45) is 0 Å². The molecule has 0 fully saturated rings. The molecule has 0 aliphatic carbocycles. The van der Waals surface area contributed by atoms with Gasteiger partial charge in [-0.1, -0.05) is 23.8 Å². The van der Waals surface area contributed by atoms with Crippen molar-refractivity contribution in [3.63, 3.8) is 0 Å². The Morgan fingerprint density at radius 3 is 2.83 bits per heavy atom. The topological polar surface area (TPSA) is 29.3 Å². The molecular weight excluding hydrogens is 240 g/mol. The second-order valence-electron chi connectivity index (χ2n) is 4.77. The summed E-state index contributed by atoms with van der Waals surface area (Å²) in [6.07, 6.45) is 1.11. The maximum atomic E-state index is 6.00. The molecule has 2 rings (SSSR count). The third-order valence-electron chi connectivity index (χ3n) is 3.06. The van der Waals surface area contributed by atoms with E-state index in [1.165, 1.54) is 16.0 Å². The molecule has 96 valence electrons. The van der Waals surface area contributed by atoms with Crippen molar-refractivity contribution >= 4 is 17.0 Å². The van der Waals surface area contributed by atoms with Crippen LogP contribution in [0.2, 0.25) is 0 Å². The van der Waals surface area contributed by atoms with Crippen molar-refractivity contribution in [2.75, 3.05) is 19.3 Å². The molecule has 0 saturated heterocycles. The first-order valence-electron chi connectivity index (χ1n) is 6.21. The molecule has 0 bridgehead atoms. The van der Waals surface area contributed by atoms with Crippen molar-refractivity contribution in [1.29, 1.82) is 0 Å². The highest BCUT2D eigenvalue weighted by Crippen LogP contribution is 2.16. The quantitative estimate of drug-likeness (QED) is 0.836. The number of hydrogen-bond acceptors (Lipinski definition) is 3. The number of nitrogen functional groups attached to an aromatic ring is 1. The summed E-state index contributed by atoms with van der Waals surface area (Å²) < 4.78 is 0. The first-order chi connectivity index (χ1) is 8.65. The predicted octanol–water partition coefficient (Wildman–Crippen LogP) is 3.31. The summed E-state index contributed by atoms with van der Waals surface area (Å²) in [6.45, 7) is 4.08. The number of anilines is 1. The Labute approximate surface area is 113 Å². The van der Waals surface area contributed by atoms with Gasteiger partial charge in [-0.2, -0.15) is 0 Å². The van der Waals surface area contributed by atoms with E-state index < -0.39 is 0 Å². The predicted molar refractivity (Wildman–Crippen MR) is 79.9 cm³/mol. The van der Waals surface area contributed by atoms with Gasteiger partial charge in [-0.3, -0.25) is 0 Å². The Morgan fingerprint density at radius 1 is 1.28 bits per heavy atom. The van der Waals surface area contributed by atoms with Crippen LogP contribution < -0.4 is 5.73 Å². The van der Waals surface area contributed by atoms with Crippen molar-refractivity contribution in [3.05, 3.63) is 51.7 Å². The molecule has 2 aromatic rings. The lowest BCUT2D eigenvalue weighted by Crippen LogP contribution is -2.21. The number of likely N-dealkylation sites (N-methyl/N-ethyl adjacent to an activating group) is 1. The Morgan fingerprint density at radius 2 is 2.11 bits per heavy atom. The van der Waals surface area contributed by atoms with Crippen LogP contribution >= 0.6 is 11.3 Å². The average molecular weight is 260 g/mol. The van der Waals surface area contributed by atoms with E-state index in [9.17, 15) is 0 Å². The first kappa shape index (κ1) is 13.1. The summed E-state index contributed by atoms with van der Waals surface area (Å²) in [5.41, 5.74) is 9.39. The summed E-state index contributed by atoms with van der Waals surface area (Å²) in [6, 6.07) is 10.5. The van der Waals surface area contributed by atoms with Crippen molar-refractivity contribution < 1.29 is 0 Å². The van der Waals surface area contributed by atoms with Crippen LogP contribution in [0, 0.1) is 6.92 Å². The maximum absolute atomic E-state index is 6.00. The SMILES string of the molecule is Cc1ccc(N)c(CN(C)CCc2cccs2)c1. The molecule has 1 aromatic heterocycles. The molecule has 0 unspecified atom stereocenters. The molecule has 0 radical (unpaired) electrons. The minimum atomic E-state index is 0.892. The molecule has 0 saturated carbocycles. The molecule has 2 nitrogen and oxygen atoms in total. The molecule has 0 aliphatic rings. The van der Waals surface area contributed by atoms with Crippen molar-refractivity contribution in [3.8, 4) is 0 Å². The number of thiophene rings is 1. The maximum Gasteiger partial charge on any atom is 0.0359 e. The van der Waals surface area contributed by atoms with Gasteiger partial charge in [-0.25, -0.2) is 0 Å². The molecule has 0 spiro atoms. The highest BCUT2D eigenvalue weighted by atomic mass is 32.1. The molecule has 0 amide bonds. The normalized spacial score (nSPS) is 11.1. The molecule has 1 aromatic carbocycles. The lowest BCUT2D eigenvalue weighted by molar-refractivity contribution is 0.332. The zero-order valence-electron chi connectivity index (χ0n) is 11.0. The monoisotopic (exact) mass is 260 g/mol. The summed E-state index contributed by atoms with van der Waals surface area (Å²) in [5.74, 6) is 0. The van der Waals surface area contributed by atoms with E-state index in [1.807, 2.05) is 17.4 Å². The van der Waals surface area contributed by atoms with Crippen LogP contribution in [0.25, 0.3) is 0 Å². The van der Waals surface area contributed by atoms with Gasteiger partial charge in [-0.15, -0.1) is 11.3 Å². The molecule has 3 heteroatoms. The lowest BCUT2D eigenvalue weighted by atomic mass is 10.1. The number of nitrogens with zero attached hydrogens (tertiary/aromatic N) is 1. The Kier molecular flexibility index (Phi) is 4.39. The standard InChI is InChI=1S/C15H20N2S/c1-12-5-6-15(16)13(10-12)11-17(2)8-7-14-4-3-9-18-14/h3-6,9-10H,7-8,11,16H2,1-2H3. The second kappa shape index (κ2) is 6.03. The molecule has 0 aliphatic heterocycles. The Bertz CT molecular complexity index is 491. The number of aryl methyl sites for hydroxylation is 1. The summed E-state index contributed by atoms with van der Waals surface area (Å²) in [5, 5.41) is 2.13. The number of rotatable bonds is 5. The fraction of sp³-hybridized carbons (Fsp3) is 0.333. The third-order valence-corrected chi connectivity index (χ3v) is 3.99. The summed E-state index contributed by atoms with van der Waals surface area (Å²) in [4.78, 5) is 3.77. The van der Waals surface area contributed by atoms with Gasteiger partial charge in [-0.05, 0) is 43.5 Å². The number of benzene rings is 1. The Balaban J connectivity index is 1.90. The van der Waals surface area contributed by atoms with Gasteiger partial charge in [0.15, 0.2) is 0 Å². The third kappa shape index (κ3) is 3.59. The fourth-order valence-corrected chi connectivity index (χ4v) is 2.70. The number of hydrogen-bond donors (Lipinski definition) is 1. The molecule has 1 heterocycles. The zero-order chi connectivity index (χ0) is 13.0. The van der Waals surface area contributed by atoms with Gasteiger partial charge >= 0.3 is 0 Å². The lowest BCUT2D eigenvalue weighted by Gasteiger charge is -2.17. The van der Waals surface area contributed by atoms with E-state index in [1.54, 1.807) is 0 Å². The largest absolute Gasteiger partial charge is 0.398 e. The van der Waals surface area contributed by atoms with Gasteiger partial charge in [0.05, 0.1) is 0 Å². The first-order valence-corrected chi connectivity index (χ1v) is 7.09. The van der Waals surface area contributed by atoms with E-state index in [4.69, 9.17) is 5.73 Å². The average Bonchev–Trinajstić information content (AvgIpc) is 2.84. The smallest absolute Gasteiger partial charge is 0.0359 e. The van der Waals surface area contributed by atoms with E-state index in [0.717, 1.165) is 25.2 Å². The van der Waals surface area contributed by atoms with E-state index >= 15 is 0 Å². The van der Waals surface area contributed by atoms with Gasteiger partial charge in [0.2, 0.25) is 0 Å². The van der Waals surface area contributed by atoms with E-state index in [2.05, 4.69) is 48.5 Å². The van der Waals surface area contributed by atoms with Gasteiger partial charge in [0.25, 0.3) is 0 Å². The zero-order valence-corrected chi connectivity index (χ0v) is 11.8. The summed E-state index contributed by atoms with van der Waals surface area (Å²) >= 11 is 1.83.